The molecule has 0 aromatic heterocycles. The molecule has 1 aliphatic carbocycles. The van der Waals surface area contributed by atoms with E-state index < -0.39 is 0 Å². The van der Waals surface area contributed by atoms with E-state index in [-0.39, 0.29) is 12.0 Å². The minimum Gasteiger partial charge on any atom is -0.366 e. The molecule has 16 heavy (non-hydrogen) atoms. The smallest absolute Gasteiger partial charge is 0.253 e. The summed E-state index contributed by atoms with van der Waals surface area (Å²) < 4.78 is 5.59. The third-order valence-corrected chi connectivity index (χ3v) is 3.55. The lowest BCUT2D eigenvalue weighted by atomic mass is 10.2. The largest absolute Gasteiger partial charge is 0.366 e. The average Bonchev–Trinajstić information content (AvgIpc) is 3.11. The van der Waals surface area contributed by atoms with E-state index in [9.17, 15) is 4.79 Å². The summed E-state index contributed by atoms with van der Waals surface area (Å²) >= 11 is 0. The summed E-state index contributed by atoms with van der Waals surface area (Å²) in [6.07, 6.45) is 2.06. The third kappa shape index (κ3) is 2.55. The van der Waals surface area contributed by atoms with E-state index in [1.54, 1.807) is 0 Å². The fourth-order valence-corrected chi connectivity index (χ4v) is 2.16. The summed E-state index contributed by atoms with van der Waals surface area (Å²) in [5.41, 5.74) is 0. The Morgan fingerprint density at radius 1 is 1.44 bits per heavy atom. The molecule has 0 aromatic carbocycles. The Morgan fingerprint density at radius 2 is 2.12 bits per heavy atom. The zero-order valence-corrected chi connectivity index (χ0v) is 10.5. The number of morpholine rings is 1. The highest BCUT2D eigenvalue weighted by atomic mass is 16.5. The van der Waals surface area contributed by atoms with Crippen LogP contribution in [0.1, 0.15) is 26.7 Å². The lowest BCUT2D eigenvalue weighted by molar-refractivity contribution is -0.149. The molecule has 1 amide bonds. The molecular weight excluding hydrogens is 204 g/mol. The molecule has 1 saturated carbocycles. The van der Waals surface area contributed by atoms with Crippen molar-refractivity contribution >= 4 is 5.91 Å². The van der Waals surface area contributed by atoms with Crippen molar-refractivity contribution in [3.8, 4) is 0 Å². The van der Waals surface area contributed by atoms with Crippen LogP contribution < -0.4 is 0 Å². The molecule has 1 unspecified atom stereocenters. The van der Waals surface area contributed by atoms with E-state index in [0.717, 1.165) is 25.9 Å². The van der Waals surface area contributed by atoms with Gasteiger partial charge in [0.15, 0.2) is 0 Å². The number of carbonyl (C=O) groups is 1. The van der Waals surface area contributed by atoms with Gasteiger partial charge in [-0.25, -0.2) is 0 Å². The molecule has 4 nitrogen and oxygen atoms in total. The molecule has 0 N–H and O–H groups in total. The minimum absolute atomic E-state index is 0.160. The Hall–Kier alpha value is -0.610. The van der Waals surface area contributed by atoms with Crippen LogP contribution in [0.15, 0.2) is 0 Å². The van der Waals surface area contributed by atoms with Crippen LogP contribution >= 0.6 is 0 Å². The number of hydrogen-bond donors (Lipinski definition) is 0. The number of rotatable bonds is 3. The maximum Gasteiger partial charge on any atom is 0.253 e. The highest BCUT2D eigenvalue weighted by Crippen LogP contribution is 2.26. The Morgan fingerprint density at radius 3 is 2.69 bits per heavy atom. The SMILES string of the molecule is CC(C)N1CCOC(C(=O)N(C)C2CC2)C1. The molecule has 0 spiro atoms. The van der Waals surface area contributed by atoms with Gasteiger partial charge in [-0.1, -0.05) is 0 Å². The van der Waals surface area contributed by atoms with Crippen LogP contribution in [0, 0.1) is 0 Å². The summed E-state index contributed by atoms with van der Waals surface area (Å²) in [6, 6.07) is 0.968. The van der Waals surface area contributed by atoms with Crippen LogP contribution in [0.3, 0.4) is 0 Å². The maximum absolute atomic E-state index is 12.1. The second kappa shape index (κ2) is 4.72. The van der Waals surface area contributed by atoms with Gasteiger partial charge in [0.1, 0.15) is 6.10 Å². The molecule has 4 heteroatoms. The highest BCUT2D eigenvalue weighted by molar-refractivity contribution is 5.81. The van der Waals surface area contributed by atoms with Crippen LogP contribution in [0.4, 0.5) is 0 Å². The first kappa shape index (κ1) is 11.9. The van der Waals surface area contributed by atoms with Gasteiger partial charge in [-0.2, -0.15) is 0 Å². The van der Waals surface area contributed by atoms with Crippen LogP contribution in [0.25, 0.3) is 0 Å². The van der Waals surface area contributed by atoms with Gasteiger partial charge in [-0.3, -0.25) is 9.69 Å². The van der Waals surface area contributed by atoms with E-state index >= 15 is 0 Å². The molecular formula is C12H22N2O2. The van der Waals surface area contributed by atoms with Gasteiger partial charge in [0.2, 0.25) is 0 Å². The van der Waals surface area contributed by atoms with Crippen molar-refractivity contribution in [1.82, 2.24) is 9.80 Å². The van der Waals surface area contributed by atoms with Crippen molar-refractivity contribution in [2.24, 2.45) is 0 Å². The van der Waals surface area contributed by atoms with Gasteiger partial charge in [0.05, 0.1) is 6.61 Å². The molecule has 2 aliphatic rings. The van der Waals surface area contributed by atoms with E-state index in [2.05, 4.69) is 18.7 Å². The summed E-state index contributed by atoms with van der Waals surface area (Å²) in [7, 11) is 1.90. The van der Waals surface area contributed by atoms with Crippen molar-refractivity contribution in [1.29, 1.82) is 0 Å². The number of ether oxygens (including phenoxy) is 1. The normalized spacial score (nSPS) is 27.1. The van der Waals surface area contributed by atoms with E-state index in [0.29, 0.717) is 18.7 Å². The fourth-order valence-electron chi connectivity index (χ4n) is 2.16. The van der Waals surface area contributed by atoms with E-state index in [4.69, 9.17) is 4.74 Å². The van der Waals surface area contributed by atoms with Gasteiger partial charge < -0.3 is 9.64 Å². The molecule has 0 bridgehead atoms. The molecule has 1 atom stereocenters. The zero-order valence-electron chi connectivity index (χ0n) is 10.5. The Bertz CT molecular complexity index is 264. The Balaban J connectivity index is 1.90. The van der Waals surface area contributed by atoms with Crippen molar-refractivity contribution in [2.45, 2.75) is 44.9 Å². The number of carbonyl (C=O) groups excluding carboxylic acids is 1. The summed E-state index contributed by atoms with van der Waals surface area (Å²) in [4.78, 5) is 16.3. The van der Waals surface area contributed by atoms with Gasteiger partial charge >= 0.3 is 0 Å². The topological polar surface area (TPSA) is 32.8 Å². The van der Waals surface area contributed by atoms with Gasteiger partial charge in [-0.15, -0.1) is 0 Å². The monoisotopic (exact) mass is 226 g/mol. The number of amides is 1. The lowest BCUT2D eigenvalue weighted by Crippen LogP contribution is -2.52. The van der Waals surface area contributed by atoms with Gasteiger partial charge in [-0.05, 0) is 26.7 Å². The number of nitrogens with zero attached hydrogens (tertiary/aromatic N) is 2. The van der Waals surface area contributed by atoms with Crippen LogP contribution in [0.5, 0.6) is 0 Å². The molecule has 2 rings (SSSR count). The zero-order chi connectivity index (χ0) is 11.7. The predicted octanol–water partition coefficient (Wildman–Crippen LogP) is 0.716. The first-order valence-electron chi connectivity index (χ1n) is 6.22. The highest BCUT2D eigenvalue weighted by Gasteiger charge is 2.36. The Kier molecular flexibility index (Phi) is 3.50. The molecule has 2 fully saturated rings. The predicted molar refractivity (Wildman–Crippen MR) is 62.2 cm³/mol. The van der Waals surface area contributed by atoms with Crippen LogP contribution in [-0.4, -0.2) is 60.6 Å². The van der Waals surface area contributed by atoms with Crippen molar-refractivity contribution in [2.75, 3.05) is 26.7 Å². The average molecular weight is 226 g/mol. The lowest BCUT2D eigenvalue weighted by Gasteiger charge is -2.36. The molecule has 0 radical (unpaired) electrons. The van der Waals surface area contributed by atoms with Crippen molar-refractivity contribution in [3.63, 3.8) is 0 Å². The van der Waals surface area contributed by atoms with Gasteiger partial charge in [0.25, 0.3) is 5.91 Å². The quantitative estimate of drug-likeness (QED) is 0.711. The molecule has 92 valence electrons. The summed E-state index contributed by atoms with van der Waals surface area (Å²) in [6.45, 7) is 6.68. The standard InChI is InChI=1S/C12H22N2O2/c1-9(2)14-6-7-16-11(8-14)12(15)13(3)10-4-5-10/h9-11H,4-8H2,1-3H3. The first-order chi connectivity index (χ1) is 7.59. The second-order valence-corrected chi connectivity index (χ2v) is 5.13. The number of likely N-dealkylation sites (N-methyl/N-ethyl adjacent to an activating group) is 1. The number of hydrogen-bond acceptors (Lipinski definition) is 3. The molecule has 1 saturated heterocycles. The fraction of sp³-hybridized carbons (Fsp3) is 0.917. The van der Waals surface area contributed by atoms with Crippen molar-refractivity contribution < 1.29 is 9.53 Å². The summed E-state index contributed by atoms with van der Waals surface area (Å²) in [5, 5.41) is 0. The van der Waals surface area contributed by atoms with Crippen LogP contribution in [-0.2, 0) is 9.53 Å². The molecule has 1 aliphatic heterocycles. The van der Waals surface area contributed by atoms with Gasteiger partial charge in [0, 0.05) is 32.2 Å². The maximum atomic E-state index is 12.1. The Labute approximate surface area is 97.5 Å². The summed E-state index contributed by atoms with van der Waals surface area (Å²) in [5.74, 6) is 0.160. The van der Waals surface area contributed by atoms with Crippen molar-refractivity contribution in [3.05, 3.63) is 0 Å². The van der Waals surface area contributed by atoms with E-state index in [1.807, 2.05) is 11.9 Å². The first-order valence-corrected chi connectivity index (χ1v) is 6.22. The minimum atomic E-state index is -0.248. The van der Waals surface area contributed by atoms with Crippen LogP contribution in [0.2, 0.25) is 0 Å². The molecule has 1 heterocycles. The van der Waals surface area contributed by atoms with E-state index in [1.165, 1.54) is 0 Å². The second-order valence-electron chi connectivity index (χ2n) is 5.13. The molecule has 0 aromatic rings. The third-order valence-electron chi connectivity index (χ3n) is 3.55.